The number of carbonyl (C=O) groups excluding carboxylic acids is 2. The minimum atomic E-state index is -0.904. The van der Waals surface area contributed by atoms with Gasteiger partial charge in [-0.25, -0.2) is 0 Å². The summed E-state index contributed by atoms with van der Waals surface area (Å²) in [7, 11) is 0. The molecule has 1 atom stereocenters. The Hall–Kier alpha value is -4.59. The summed E-state index contributed by atoms with van der Waals surface area (Å²) in [5.74, 6) is 0.670. The lowest BCUT2D eigenvalue weighted by atomic mass is 10.0. The number of fused-ring (bicyclic) bond motifs is 1. The zero-order valence-electron chi connectivity index (χ0n) is 21.6. The molecule has 0 bridgehead atoms. The predicted molar refractivity (Wildman–Crippen MR) is 144 cm³/mol. The lowest BCUT2D eigenvalue weighted by Crippen LogP contribution is -2.49. The van der Waals surface area contributed by atoms with Crippen LogP contribution in [0.2, 0.25) is 0 Å². The van der Waals surface area contributed by atoms with E-state index in [2.05, 4.69) is 15.3 Å². The van der Waals surface area contributed by atoms with Crippen molar-refractivity contribution in [3.63, 3.8) is 0 Å². The Morgan fingerprint density at radius 1 is 0.974 bits per heavy atom. The summed E-state index contributed by atoms with van der Waals surface area (Å²) in [5.41, 5.74) is 3.13. The first kappa shape index (κ1) is 25.1. The molecule has 2 amide bonds. The second kappa shape index (κ2) is 10.4. The van der Waals surface area contributed by atoms with Crippen LogP contribution in [0.4, 0.5) is 0 Å². The average molecular weight is 511 g/mol. The van der Waals surface area contributed by atoms with Gasteiger partial charge in [0.1, 0.15) is 11.7 Å². The molecule has 1 aliphatic rings. The van der Waals surface area contributed by atoms with Gasteiger partial charge in [-0.05, 0) is 73.9 Å². The summed E-state index contributed by atoms with van der Waals surface area (Å²) >= 11 is 0. The largest absolute Gasteiger partial charge is 0.454 e. The number of rotatable bonds is 7. The van der Waals surface area contributed by atoms with E-state index in [1.54, 1.807) is 35.5 Å². The molecule has 194 valence electrons. The van der Waals surface area contributed by atoms with E-state index in [0.29, 0.717) is 22.8 Å². The molecule has 5 rings (SSSR count). The van der Waals surface area contributed by atoms with Crippen LogP contribution in [0.1, 0.15) is 48.4 Å². The number of benzene rings is 2. The van der Waals surface area contributed by atoms with Gasteiger partial charge >= 0.3 is 0 Å². The molecule has 4 aromatic rings. The zero-order valence-corrected chi connectivity index (χ0v) is 21.6. The van der Waals surface area contributed by atoms with E-state index in [9.17, 15) is 9.59 Å². The standard InChI is InChI=1S/C30H30N4O4/c1-30(2,3)33-28(35)27(22-13-15-31-16-14-22)34(18-20-9-12-25-26(17-20)38-19-37-25)29(36)24-11-10-23(32-24)21-7-5-4-6-8-21/h4-17,27,32H,18-19H2,1-3H3,(H,33,35)/t27-/m1/s1. The number of hydrogen-bond donors (Lipinski definition) is 2. The van der Waals surface area contributed by atoms with E-state index in [-0.39, 0.29) is 25.2 Å². The van der Waals surface area contributed by atoms with Crippen molar-refractivity contribution in [2.24, 2.45) is 0 Å². The Kier molecular flexibility index (Phi) is 6.87. The molecule has 0 radical (unpaired) electrons. The first-order chi connectivity index (χ1) is 18.3. The van der Waals surface area contributed by atoms with Crippen molar-refractivity contribution in [1.82, 2.24) is 20.2 Å². The second-order valence-electron chi connectivity index (χ2n) is 10.2. The number of amides is 2. The summed E-state index contributed by atoms with van der Waals surface area (Å²) in [6, 6.07) is 21.6. The molecule has 2 aromatic heterocycles. The maximum atomic E-state index is 14.2. The number of nitrogens with one attached hydrogen (secondary N) is 2. The molecule has 3 heterocycles. The van der Waals surface area contributed by atoms with E-state index in [0.717, 1.165) is 16.8 Å². The normalized spacial score (nSPS) is 13.1. The molecule has 0 fully saturated rings. The Balaban J connectivity index is 1.56. The number of aromatic amines is 1. The number of carbonyl (C=O) groups is 2. The minimum Gasteiger partial charge on any atom is -0.454 e. The van der Waals surface area contributed by atoms with Gasteiger partial charge in [0.25, 0.3) is 5.91 Å². The van der Waals surface area contributed by atoms with E-state index in [1.165, 1.54) is 0 Å². The molecule has 0 unspecified atom stereocenters. The van der Waals surface area contributed by atoms with E-state index in [4.69, 9.17) is 9.47 Å². The van der Waals surface area contributed by atoms with Crippen molar-refractivity contribution in [2.75, 3.05) is 6.79 Å². The maximum absolute atomic E-state index is 14.2. The van der Waals surface area contributed by atoms with Gasteiger partial charge in [-0.1, -0.05) is 36.4 Å². The van der Waals surface area contributed by atoms with Crippen LogP contribution in [0, 0.1) is 0 Å². The summed E-state index contributed by atoms with van der Waals surface area (Å²) in [6.07, 6.45) is 3.25. The third-order valence-electron chi connectivity index (χ3n) is 6.13. The van der Waals surface area contributed by atoms with Crippen LogP contribution in [-0.4, -0.2) is 39.0 Å². The fraction of sp³-hybridized carbons (Fsp3) is 0.233. The van der Waals surface area contributed by atoms with E-state index < -0.39 is 11.6 Å². The van der Waals surface area contributed by atoms with Gasteiger partial charge in [0.15, 0.2) is 11.5 Å². The molecule has 0 spiro atoms. The number of pyridine rings is 1. The minimum absolute atomic E-state index is 0.153. The molecule has 2 aromatic carbocycles. The highest BCUT2D eigenvalue weighted by Gasteiger charge is 2.34. The first-order valence-electron chi connectivity index (χ1n) is 12.4. The van der Waals surface area contributed by atoms with Crippen LogP contribution >= 0.6 is 0 Å². The highest BCUT2D eigenvalue weighted by Crippen LogP contribution is 2.34. The van der Waals surface area contributed by atoms with Gasteiger partial charge in [-0.2, -0.15) is 0 Å². The third kappa shape index (κ3) is 5.54. The quantitative estimate of drug-likeness (QED) is 0.360. The zero-order chi connectivity index (χ0) is 26.7. The maximum Gasteiger partial charge on any atom is 0.271 e. The number of H-pyrrole nitrogens is 1. The molecule has 0 aliphatic carbocycles. The van der Waals surface area contributed by atoms with Gasteiger partial charge < -0.3 is 24.7 Å². The van der Waals surface area contributed by atoms with Crippen molar-refractivity contribution >= 4 is 11.8 Å². The van der Waals surface area contributed by atoms with Gasteiger partial charge in [-0.15, -0.1) is 0 Å². The Bertz CT molecular complexity index is 1430. The fourth-order valence-electron chi connectivity index (χ4n) is 4.43. The molecule has 0 saturated heterocycles. The summed E-state index contributed by atoms with van der Waals surface area (Å²) in [4.78, 5) is 36.9. The summed E-state index contributed by atoms with van der Waals surface area (Å²) in [6.45, 7) is 6.06. The molecule has 8 nitrogen and oxygen atoms in total. The number of nitrogens with zero attached hydrogens (tertiary/aromatic N) is 2. The predicted octanol–water partition coefficient (Wildman–Crippen LogP) is 5.10. The Morgan fingerprint density at radius 3 is 2.45 bits per heavy atom. The molecule has 2 N–H and O–H groups in total. The fourth-order valence-corrected chi connectivity index (χ4v) is 4.43. The second-order valence-corrected chi connectivity index (χ2v) is 10.2. The highest BCUT2D eigenvalue weighted by molar-refractivity contribution is 5.97. The number of aromatic nitrogens is 2. The Morgan fingerprint density at radius 2 is 1.71 bits per heavy atom. The van der Waals surface area contributed by atoms with Crippen molar-refractivity contribution in [3.8, 4) is 22.8 Å². The summed E-state index contributed by atoms with van der Waals surface area (Å²) < 4.78 is 11.0. The van der Waals surface area contributed by atoms with Gasteiger partial charge in [0.05, 0.1) is 0 Å². The summed E-state index contributed by atoms with van der Waals surface area (Å²) in [5, 5.41) is 3.05. The van der Waals surface area contributed by atoms with Crippen LogP contribution < -0.4 is 14.8 Å². The van der Waals surface area contributed by atoms with Crippen molar-refractivity contribution in [3.05, 3.63) is 102 Å². The Labute approximate surface area is 221 Å². The number of ether oxygens (including phenoxy) is 2. The van der Waals surface area contributed by atoms with E-state index in [1.807, 2.05) is 75.4 Å². The van der Waals surface area contributed by atoms with Gasteiger partial charge in [-0.3, -0.25) is 14.6 Å². The SMILES string of the molecule is CC(C)(C)NC(=O)[C@@H](c1ccncc1)N(Cc1ccc2c(c1)OCO2)C(=O)c1ccc(-c2ccccc2)[nH]1. The third-order valence-corrected chi connectivity index (χ3v) is 6.13. The van der Waals surface area contributed by atoms with Crippen LogP contribution in [0.3, 0.4) is 0 Å². The van der Waals surface area contributed by atoms with E-state index >= 15 is 0 Å². The molecule has 38 heavy (non-hydrogen) atoms. The van der Waals surface area contributed by atoms with Crippen molar-refractivity contribution < 1.29 is 19.1 Å². The van der Waals surface area contributed by atoms with Crippen molar-refractivity contribution in [2.45, 2.75) is 38.9 Å². The molecular formula is C30H30N4O4. The molecule has 8 heteroatoms. The topological polar surface area (TPSA) is 96.6 Å². The highest BCUT2D eigenvalue weighted by atomic mass is 16.7. The molecular weight excluding hydrogens is 480 g/mol. The molecule has 1 aliphatic heterocycles. The lowest BCUT2D eigenvalue weighted by molar-refractivity contribution is -0.127. The smallest absolute Gasteiger partial charge is 0.271 e. The van der Waals surface area contributed by atoms with Crippen LogP contribution in [0.5, 0.6) is 11.5 Å². The lowest BCUT2D eigenvalue weighted by Gasteiger charge is -2.33. The van der Waals surface area contributed by atoms with Gasteiger partial charge in [0.2, 0.25) is 12.7 Å². The monoisotopic (exact) mass is 510 g/mol. The van der Waals surface area contributed by atoms with Crippen molar-refractivity contribution in [1.29, 1.82) is 0 Å². The van der Waals surface area contributed by atoms with Gasteiger partial charge in [0, 0.05) is 30.2 Å². The average Bonchev–Trinajstić information content (AvgIpc) is 3.58. The molecule has 0 saturated carbocycles. The van der Waals surface area contributed by atoms with Crippen LogP contribution in [0.15, 0.2) is 85.2 Å². The van der Waals surface area contributed by atoms with Crippen LogP contribution in [-0.2, 0) is 11.3 Å². The van der Waals surface area contributed by atoms with Crippen LogP contribution in [0.25, 0.3) is 11.3 Å². The number of hydrogen-bond acceptors (Lipinski definition) is 5. The first-order valence-corrected chi connectivity index (χ1v) is 12.4.